The van der Waals surface area contributed by atoms with E-state index in [-0.39, 0.29) is 23.0 Å². The van der Waals surface area contributed by atoms with E-state index in [1.165, 1.54) is 51.5 Å². The van der Waals surface area contributed by atoms with Crippen LogP contribution in [0.5, 0.6) is 0 Å². The molecule has 12 nitrogen and oxygen atoms in total. The Hall–Kier alpha value is -4.92. The standard InChI is InChI=1S/C20H16F3N9O3/c21-20(22,23)11-1-6-16(32-8-7-25-30-32)14(9-11)28-19(34)26-12-2-4-13(5-3-12)31-10-15(17(33)29-35)27-18(31)24/h1-10,35H,(H2,24,27)(H,29,33)(H2,26,28,34). The van der Waals surface area contributed by atoms with Crippen LogP contribution < -0.4 is 21.8 Å². The van der Waals surface area contributed by atoms with Crippen LogP contribution in [0.2, 0.25) is 0 Å². The molecule has 0 spiro atoms. The van der Waals surface area contributed by atoms with Gasteiger partial charge in [-0.1, -0.05) is 5.21 Å². The van der Waals surface area contributed by atoms with Crippen molar-refractivity contribution >= 4 is 29.3 Å². The van der Waals surface area contributed by atoms with Crippen molar-refractivity contribution in [2.45, 2.75) is 6.18 Å². The zero-order chi connectivity index (χ0) is 25.2. The summed E-state index contributed by atoms with van der Waals surface area (Å²) in [5, 5.41) is 21.0. The number of urea groups is 1. The minimum absolute atomic E-state index is 0.0211. The van der Waals surface area contributed by atoms with E-state index in [2.05, 4.69) is 25.9 Å². The summed E-state index contributed by atoms with van der Waals surface area (Å²) in [5.41, 5.74) is 7.02. The van der Waals surface area contributed by atoms with E-state index in [0.717, 1.165) is 12.1 Å². The molecule has 0 radical (unpaired) electrons. The van der Waals surface area contributed by atoms with Gasteiger partial charge in [0.05, 0.1) is 29.3 Å². The average molecular weight is 487 g/mol. The number of anilines is 3. The van der Waals surface area contributed by atoms with E-state index in [0.29, 0.717) is 11.4 Å². The van der Waals surface area contributed by atoms with Crippen molar-refractivity contribution in [3.63, 3.8) is 0 Å². The van der Waals surface area contributed by atoms with Crippen molar-refractivity contribution in [3.05, 3.63) is 72.3 Å². The number of nitrogens with zero attached hydrogens (tertiary/aromatic N) is 5. The molecule has 0 fully saturated rings. The minimum Gasteiger partial charge on any atom is -0.369 e. The SMILES string of the molecule is Nc1nc(C(=O)NO)cn1-c1ccc(NC(=O)Nc2cc(C(F)(F)F)ccc2-n2ccnn2)cc1. The molecule has 0 aliphatic rings. The Morgan fingerprint density at radius 1 is 1.06 bits per heavy atom. The van der Waals surface area contributed by atoms with Crippen LogP contribution >= 0.6 is 0 Å². The van der Waals surface area contributed by atoms with Crippen molar-refractivity contribution in [2.75, 3.05) is 16.4 Å². The van der Waals surface area contributed by atoms with Gasteiger partial charge in [-0.2, -0.15) is 13.2 Å². The predicted molar refractivity (Wildman–Crippen MR) is 116 cm³/mol. The number of amides is 3. The number of halogens is 3. The highest BCUT2D eigenvalue weighted by molar-refractivity contribution is 6.01. The number of rotatable bonds is 5. The molecule has 0 saturated heterocycles. The summed E-state index contributed by atoms with van der Waals surface area (Å²) in [4.78, 5) is 27.9. The van der Waals surface area contributed by atoms with Crippen molar-refractivity contribution < 1.29 is 28.0 Å². The van der Waals surface area contributed by atoms with E-state index in [4.69, 9.17) is 10.9 Å². The first-order valence-corrected chi connectivity index (χ1v) is 9.71. The highest BCUT2D eigenvalue weighted by Crippen LogP contribution is 2.33. The van der Waals surface area contributed by atoms with Crippen LogP contribution in [0.3, 0.4) is 0 Å². The van der Waals surface area contributed by atoms with Gasteiger partial charge in [0, 0.05) is 17.6 Å². The first kappa shape index (κ1) is 23.2. The highest BCUT2D eigenvalue weighted by atomic mass is 19.4. The summed E-state index contributed by atoms with van der Waals surface area (Å²) in [5.74, 6) is -0.863. The molecule has 4 rings (SSSR count). The molecule has 2 aromatic heterocycles. The maximum absolute atomic E-state index is 13.2. The Labute approximate surface area is 194 Å². The number of nitrogens with one attached hydrogen (secondary N) is 3. The van der Waals surface area contributed by atoms with Crippen LogP contribution in [-0.2, 0) is 6.18 Å². The lowest BCUT2D eigenvalue weighted by atomic mass is 10.1. The number of hydrogen-bond acceptors (Lipinski definition) is 7. The number of hydroxylamine groups is 1. The normalized spacial score (nSPS) is 11.2. The smallest absolute Gasteiger partial charge is 0.369 e. The van der Waals surface area contributed by atoms with Crippen LogP contribution in [0.4, 0.5) is 35.3 Å². The number of aromatic nitrogens is 5. The van der Waals surface area contributed by atoms with E-state index in [1.807, 2.05) is 0 Å². The molecule has 2 aromatic carbocycles. The molecule has 3 amide bonds. The van der Waals surface area contributed by atoms with Gasteiger partial charge in [-0.25, -0.2) is 19.9 Å². The molecule has 0 atom stereocenters. The summed E-state index contributed by atoms with van der Waals surface area (Å²) in [6.45, 7) is 0. The van der Waals surface area contributed by atoms with E-state index >= 15 is 0 Å². The summed E-state index contributed by atoms with van der Waals surface area (Å²) >= 11 is 0. The van der Waals surface area contributed by atoms with Crippen molar-refractivity contribution in [1.29, 1.82) is 0 Å². The molecule has 0 unspecified atom stereocenters. The van der Waals surface area contributed by atoms with Crippen LogP contribution in [0.1, 0.15) is 16.1 Å². The first-order chi connectivity index (χ1) is 16.7. The van der Waals surface area contributed by atoms with Gasteiger partial charge >= 0.3 is 12.2 Å². The number of carbonyl (C=O) groups excluding carboxylic acids is 2. The third-order valence-corrected chi connectivity index (χ3v) is 4.71. The second kappa shape index (κ2) is 9.14. The van der Waals surface area contributed by atoms with Crippen LogP contribution in [-0.4, -0.2) is 41.7 Å². The number of alkyl halides is 3. The topological polar surface area (TPSA) is 165 Å². The van der Waals surface area contributed by atoms with E-state index in [1.54, 1.807) is 12.1 Å². The predicted octanol–water partition coefficient (Wildman–Crippen LogP) is 2.82. The summed E-state index contributed by atoms with van der Waals surface area (Å²) in [7, 11) is 0. The summed E-state index contributed by atoms with van der Waals surface area (Å²) in [6.07, 6.45) is -0.553. The van der Waals surface area contributed by atoms with E-state index in [9.17, 15) is 22.8 Å². The van der Waals surface area contributed by atoms with Gasteiger partial charge < -0.3 is 16.4 Å². The second-order valence-corrected chi connectivity index (χ2v) is 7.00. The fourth-order valence-corrected chi connectivity index (χ4v) is 3.11. The molecule has 0 aliphatic carbocycles. The number of carbonyl (C=O) groups is 2. The molecule has 0 aliphatic heterocycles. The number of imidazole rings is 1. The Bertz CT molecular complexity index is 1370. The van der Waals surface area contributed by atoms with Crippen molar-refractivity contribution in [2.24, 2.45) is 0 Å². The molecular weight excluding hydrogens is 471 g/mol. The molecule has 2 heterocycles. The van der Waals surface area contributed by atoms with Gasteiger partial charge in [0.25, 0.3) is 5.91 Å². The van der Waals surface area contributed by atoms with Gasteiger partial charge in [-0.3, -0.25) is 14.6 Å². The third kappa shape index (κ3) is 5.03. The third-order valence-electron chi connectivity index (χ3n) is 4.71. The van der Waals surface area contributed by atoms with Crippen molar-refractivity contribution in [3.8, 4) is 11.4 Å². The lowest BCUT2D eigenvalue weighted by Gasteiger charge is -2.15. The highest BCUT2D eigenvalue weighted by Gasteiger charge is 2.31. The largest absolute Gasteiger partial charge is 0.416 e. The van der Waals surface area contributed by atoms with Gasteiger partial charge in [0.15, 0.2) is 5.69 Å². The Morgan fingerprint density at radius 2 is 1.80 bits per heavy atom. The number of nitrogens with two attached hydrogens (primary N) is 1. The van der Waals surface area contributed by atoms with Crippen LogP contribution in [0.15, 0.2) is 61.1 Å². The summed E-state index contributed by atoms with van der Waals surface area (Å²) in [6, 6.07) is 8.15. The average Bonchev–Trinajstić information content (AvgIpc) is 3.48. The first-order valence-electron chi connectivity index (χ1n) is 9.71. The lowest BCUT2D eigenvalue weighted by Crippen LogP contribution is -2.21. The number of hydrogen-bond donors (Lipinski definition) is 5. The molecular formula is C20H16F3N9O3. The van der Waals surface area contributed by atoms with Crippen molar-refractivity contribution in [1.82, 2.24) is 30.0 Å². The van der Waals surface area contributed by atoms with Gasteiger partial charge in [0.1, 0.15) is 0 Å². The second-order valence-electron chi connectivity index (χ2n) is 7.00. The molecule has 0 saturated carbocycles. The Kier molecular flexibility index (Phi) is 6.07. The lowest BCUT2D eigenvalue weighted by molar-refractivity contribution is -0.137. The van der Waals surface area contributed by atoms with Crippen LogP contribution in [0, 0.1) is 0 Å². The Morgan fingerprint density at radius 3 is 2.43 bits per heavy atom. The fourth-order valence-electron chi connectivity index (χ4n) is 3.11. The van der Waals surface area contributed by atoms with Crippen LogP contribution in [0.25, 0.3) is 11.4 Å². The number of nitrogen functional groups attached to an aromatic ring is 1. The zero-order valence-electron chi connectivity index (χ0n) is 17.5. The molecule has 15 heteroatoms. The monoisotopic (exact) mass is 487 g/mol. The molecule has 4 aromatic rings. The quantitative estimate of drug-likeness (QED) is 0.213. The van der Waals surface area contributed by atoms with Gasteiger partial charge in [-0.15, -0.1) is 5.10 Å². The van der Waals surface area contributed by atoms with Gasteiger partial charge in [-0.05, 0) is 42.5 Å². The molecule has 35 heavy (non-hydrogen) atoms. The fraction of sp³-hybridized carbons (Fsp3) is 0.0500. The minimum atomic E-state index is -4.61. The maximum atomic E-state index is 13.2. The summed E-state index contributed by atoms with van der Waals surface area (Å²) < 4.78 is 42.1. The van der Waals surface area contributed by atoms with Gasteiger partial charge in [0.2, 0.25) is 5.95 Å². The van der Waals surface area contributed by atoms with E-state index < -0.39 is 23.7 Å². The molecule has 180 valence electrons. The molecule has 6 N–H and O–H groups in total. The number of benzene rings is 2. The Balaban J connectivity index is 1.52. The zero-order valence-corrected chi connectivity index (χ0v) is 17.5. The maximum Gasteiger partial charge on any atom is 0.416 e. The molecule has 0 bridgehead atoms.